The third-order valence-electron chi connectivity index (χ3n) is 5.38. The molecular formula is C27H27ClN4OS. The van der Waals surface area contributed by atoms with Gasteiger partial charge >= 0.3 is 0 Å². The maximum atomic E-state index is 12.9. The summed E-state index contributed by atoms with van der Waals surface area (Å²) in [5.74, 6) is 0.736. The van der Waals surface area contributed by atoms with Crippen LogP contribution in [0, 0.1) is 6.92 Å². The van der Waals surface area contributed by atoms with Crippen LogP contribution in [0.2, 0.25) is 5.02 Å². The first-order chi connectivity index (χ1) is 16.2. The summed E-state index contributed by atoms with van der Waals surface area (Å²) in [6.45, 7) is 8.44. The molecule has 1 N–H and O–H groups in total. The number of halogens is 1. The molecule has 1 aromatic heterocycles. The molecule has 0 radical (unpaired) electrons. The Balaban J connectivity index is 1.61. The van der Waals surface area contributed by atoms with Crippen LogP contribution < -0.4 is 5.32 Å². The van der Waals surface area contributed by atoms with Gasteiger partial charge in [-0.15, -0.1) is 10.2 Å². The lowest BCUT2D eigenvalue weighted by Gasteiger charge is -2.23. The number of anilines is 1. The standard InChI is InChI=1S/C27H27ClN4OS/c1-18-13-15-19(16-14-18)32-25(20-9-5-7-11-22(20)28)30-31-26(32)34-17-24(33)29-23-12-8-6-10-21(23)27(2,3)4/h5-16H,17H2,1-4H3,(H,29,33). The number of amides is 1. The summed E-state index contributed by atoms with van der Waals surface area (Å²) in [5, 5.41) is 13.1. The molecule has 0 fully saturated rings. The number of nitrogens with one attached hydrogen (secondary N) is 1. The summed E-state index contributed by atoms with van der Waals surface area (Å²) < 4.78 is 1.95. The fourth-order valence-electron chi connectivity index (χ4n) is 3.67. The number of nitrogens with zero attached hydrogens (tertiary/aromatic N) is 3. The summed E-state index contributed by atoms with van der Waals surface area (Å²) in [5.41, 5.74) is 4.70. The summed E-state index contributed by atoms with van der Waals surface area (Å²) >= 11 is 7.81. The van der Waals surface area contributed by atoms with E-state index in [-0.39, 0.29) is 17.1 Å². The van der Waals surface area contributed by atoms with Gasteiger partial charge in [0.2, 0.25) is 5.91 Å². The molecule has 0 saturated heterocycles. The van der Waals surface area contributed by atoms with E-state index in [4.69, 9.17) is 11.6 Å². The van der Waals surface area contributed by atoms with E-state index < -0.39 is 0 Å². The first-order valence-corrected chi connectivity index (χ1v) is 12.4. The number of carbonyl (C=O) groups is 1. The number of aryl methyl sites for hydroxylation is 1. The van der Waals surface area contributed by atoms with E-state index in [1.807, 2.05) is 84.3 Å². The number of hydrogen-bond acceptors (Lipinski definition) is 4. The van der Waals surface area contributed by atoms with Crippen LogP contribution in [0.3, 0.4) is 0 Å². The zero-order chi connectivity index (χ0) is 24.3. The Bertz CT molecular complexity index is 1310. The van der Waals surface area contributed by atoms with Crippen LogP contribution >= 0.6 is 23.4 Å². The lowest BCUT2D eigenvalue weighted by atomic mass is 9.86. The summed E-state index contributed by atoms with van der Waals surface area (Å²) in [7, 11) is 0. The molecule has 0 saturated carbocycles. The van der Waals surface area contributed by atoms with Crippen LogP contribution in [0.15, 0.2) is 78.0 Å². The number of aromatic nitrogens is 3. The van der Waals surface area contributed by atoms with Crippen molar-refractivity contribution in [1.82, 2.24) is 14.8 Å². The minimum absolute atomic E-state index is 0.0769. The van der Waals surface area contributed by atoms with Gasteiger partial charge in [0.15, 0.2) is 11.0 Å². The van der Waals surface area contributed by atoms with E-state index >= 15 is 0 Å². The van der Waals surface area contributed by atoms with Crippen molar-refractivity contribution in [3.8, 4) is 17.1 Å². The van der Waals surface area contributed by atoms with E-state index in [0.717, 1.165) is 28.1 Å². The molecule has 174 valence electrons. The minimum atomic E-state index is -0.0977. The Labute approximate surface area is 209 Å². The zero-order valence-corrected chi connectivity index (χ0v) is 21.2. The first-order valence-electron chi connectivity index (χ1n) is 11.0. The summed E-state index contributed by atoms with van der Waals surface area (Å²) in [6.07, 6.45) is 0. The number of benzene rings is 3. The van der Waals surface area contributed by atoms with E-state index in [9.17, 15) is 4.79 Å². The topological polar surface area (TPSA) is 59.8 Å². The molecule has 4 rings (SSSR count). The molecule has 0 bridgehead atoms. The number of hydrogen-bond donors (Lipinski definition) is 1. The molecule has 0 spiro atoms. The molecule has 1 heterocycles. The molecule has 0 atom stereocenters. The van der Waals surface area contributed by atoms with Crippen LogP contribution in [0.1, 0.15) is 31.9 Å². The fraction of sp³-hybridized carbons (Fsp3) is 0.222. The van der Waals surface area contributed by atoms with Crippen molar-refractivity contribution < 1.29 is 4.79 Å². The SMILES string of the molecule is Cc1ccc(-n2c(SCC(=O)Nc3ccccc3C(C)(C)C)nnc2-c2ccccc2Cl)cc1. The lowest BCUT2D eigenvalue weighted by Crippen LogP contribution is -2.20. The maximum Gasteiger partial charge on any atom is 0.234 e. The van der Waals surface area contributed by atoms with Crippen molar-refractivity contribution in [3.63, 3.8) is 0 Å². The Kier molecular flexibility index (Phi) is 7.10. The van der Waals surface area contributed by atoms with Gasteiger partial charge in [0.05, 0.1) is 10.8 Å². The smallest absolute Gasteiger partial charge is 0.234 e. The van der Waals surface area contributed by atoms with Crippen molar-refractivity contribution in [2.45, 2.75) is 38.3 Å². The van der Waals surface area contributed by atoms with Crippen LogP contribution in [0.4, 0.5) is 5.69 Å². The molecule has 0 aliphatic rings. The van der Waals surface area contributed by atoms with Crippen molar-refractivity contribution in [2.24, 2.45) is 0 Å². The highest BCUT2D eigenvalue weighted by Crippen LogP contribution is 2.33. The Morgan fingerprint density at radius 1 is 0.971 bits per heavy atom. The van der Waals surface area contributed by atoms with Crippen LogP contribution in [0.5, 0.6) is 0 Å². The summed E-state index contributed by atoms with van der Waals surface area (Å²) in [4.78, 5) is 12.9. The monoisotopic (exact) mass is 490 g/mol. The minimum Gasteiger partial charge on any atom is -0.325 e. The predicted molar refractivity (Wildman–Crippen MR) is 141 cm³/mol. The van der Waals surface area contributed by atoms with Crippen LogP contribution in [-0.4, -0.2) is 26.4 Å². The van der Waals surface area contributed by atoms with Crippen molar-refractivity contribution in [1.29, 1.82) is 0 Å². The van der Waals surface area contributed by atoms with E-state index in [1.54, 1.807) is 0 Å². The average molecular weight is 491 g/mol. The van der Waals surface area contributed by atoms with Gasteiger partial charge < -0.3 is 5.32 Å². The molecule has 5 nitrogen and oxygen atoms in total. The highest BCUT2D eigenvalue weighted by Gasteiger charge is 2.21. The lowest BCUT2D eigenvalue weighted by molar-refractivity contribution is -0.113. The van der Waals surface area contributed by atoms with Gasteiger partial charge in [-0.25, -0.2) is 0 Å². The highest BCUT2D eigenvalue weighted by atomic mass is 35.5. The third kappa shape index (κ3) is 5.34. The number of rotatable bonds is 6. The maximum absolute atomic E-state index is 12.9. The van der Waals surface area contributed by atoms with E-state index in [1.165, 1.54) is 11.8 Å². The molecule has 0 aliphatic heterocycles. The summed E-state index contributed by atoms with van der Waals surface area (Å²) in [6, 6.07) is 23.6. The fourth-order valence-corrected chi connectivity index (χ4v) is 4.64. The molecule has 1 amide bonds. The van der Waals surface area contributed by atoms with Gasteiger partial charge in [-0.2, -0.15) is 0 Å². The molecule has 0 aliphatic carbocycles. The Morgan fingerprint density at radius 3 is 2.35 bits per heavy atom. The molecule has 34 heavy (non-hydrogen) atoms. The first kappa shape index (κ1) is 24.0. The van der Waals surface area contributed by atoms with Gasteiger partial charge in [0, 0.05) is 16.9 Å². The molecule has 0 unspecified atom stereocenters. The van der Waals surface area contributed by atoms with Crippen molar-refractivity contribution in [3.05, 3.63) is 88.9 Å². The Hall–Kier alpha value is -3.09. The Morgan fingerprint density at radius 2 is 1.65 bits per heavy atom. The number of carbonyl (C=O) groups excluding carboxylic acids is 1. The number of thioether (sulfide) groups is 1. The highest BCUT2D eigenvalue weighted by molar-refractivity contribution is 7.99. The second kappa shape index (κ2) is 10.0. The third-order valence-corrected chi connectivity index (χ3v) is 6.64. The normalized spacial score (nSPS) is 11.4. The molecular weight excluding hydrogens is 464 g/mol. The largest absolute Gasteiger partial charge is 0.325 e. The van der Waals surface area contributed by atoms with Crippen LogP contribution in [-0.2, 0) is 10.2 Å². The van der Waals surface area contributed by atoms with Gasteiger partial charge in [-0.3, -0.25) is 9.36 Å². The van der Waals surface area contributed by atoms with Gasteiger partial charge in [-0.05, 0) is 48.2 Å². The molecule has 7 heteroatoms. The molecule has 3 aromatic carbocycles. The van der Waals surface area contributed by atoms with Crippen molar-refractivity contribution in [2.75, 3.05) is 11.1 Å². The quantitative estimate of drug-likeness (QED) is 0.298. The van der Waals surface area contributed by atoms with E-state index in [2.05, 4.69) is 36.3 Å². The number of para-hydroxylation sites is 1. The van der Waals surface area contributed by atoms with Crippen molar-refractivity contribution >= 4 is 35.0 Å². The van der Waals surface area contributed by atoms with Gasteiger partial charge in [-0.1, -0.05) is 92.2 Å². The zero-order valence-electron chi connectivity index (χ0n) is 19.7. The van der Waals surface area contributed by atoms with Crippen LogP contribution in [0.25, 0.3) is 17.1 Å². The predicted octanol–water partition coefficient (Wildman–Crippen LogP) is 6.92. The van der Waals surface area contributed by atoms with Gasteiger partial charge in [0.1, 0.15) is 0 Å². The second-order valence-electron chi connectivity index (χ2n) is 9.09. The second-order valence-corrected chi connectivity index (χ2v) is 10.4. The van der Waals surface area contributed by atoms with Gasteiger partial charge in [0.25, 0.3) is 0 Å². The molecule has 4 aromatic rings. The average Bonchev–Trinajstić information content (AvgIpc) is 3.22. The van der Waals surface area contributed by atoms with E-state index in [0.29, 0.717) is 16.0 Å².